The summed E-state index contributed by atoms with van der Waals surface area (Å²) in [5.41, 5.74) is 6.60. The van der Waals surface area contributed by atoms with Crippen molar-refractivity contribution in [3.63, 3.8) is 0 Å². The zero-order chi connectivity index (χ0) is 8.27. The Morgan fingerprint density at radius 3 is 2.45 bits per heavy atom. The first kappa shape index (κ1) is 8.14. The predicted molar refractivity (Wildman–Crippen MR) is 44.2 cm³/mol. The molecule has 0 fully saturated rings. The standard InChI is InChI=1S/C8H13N3/c1-6(3-9)8-4-10-7(2)11-5-8/h4-6H,3,9H2,1-2H3/t6-/m1/s1. The zero-order valence-corrected chi connectivity index (χ0v) is 6.91. The maximum absolute atomic E-state index is 5.49. The summed E-state index contributed by atoms with van der Waals surface area (Å²) in [4.78, 5) is 8.16. The molecule has 0 unspecified atom stereocenters. The Bertz CT molecular complexity index is 217. The van der Waals surface area contributed by atoms with Crippen LogP contribution in [0.4, 0.5) is 0 Å². The van der Waals surface area contributed by atoms with Crippen LogP contribution in [0.1, 0.15) is 24.2 Å². The smallest absolute Gasteiger partial charge is 0.125 e. The van der Waals surface area contributed by atoms with Gasteiger partial charge in [0, 0.05) is 12.4 Å². The van der Waals surface area contributed by atoms with E-state index in [0.29, 0.717) is 12.5 Å². The average molecular weight is 151 g/mol. The van der Waals surface area contributed by atoms with Crippen molar-refractivity contribution in [1.82, 2.24) is 9.97 Å². The Morgan fingerprint density at radius 1 is 1.45 bits per heavy atom. The van der Waals surface area contributed by atoms with Crippen LogP contribution in [0, 0.1) is 6.92 Å². The van der Waals surface area contributed by atoms with Gasteiger partial charge in [-0.05, 0) is 24.9 Å². The van der Waals surface area contributed by atoms with Gasteiger partial charge < -0.3 is 5.73 Å². The first-order chi connectivity index (χ1) is 5.24. The van der Waals surface area contributed by atoms with Crippen LogP contribution >= 0.6 is 0 Å². The number of hydrogen-bond donors (Lipinski definition) is 1. The third-order valence-electron chi connectivity index (χ3n) is 1.72. The van der Waals surface area contributed by atoms with E-state index >= 15 is 0 Å². The maximum atomic E-state index is 5.49. The second-order valence-electron chi connectivity index (χ2n) is 2.70. The van der Waals surface area contributed by atoms with E-state index in [9.17, 15) is 0 Å². The summed E-state index contributed by atoms with van der Waals surface area (Å²) in [6.45, 7) is 4.58. The van der Waals surface area contributed by atoms with Crippen LogP contribution in [0.5, 0.6) is 0 Å². The van der Waals surface area contributed by atoms with Gasteiger partial charge in [-0.2, -0.15) is 0 Å². The van der Waals surface area contributed by atoms with Crippen LogP contribution in [-0.2, 0) is 0 Å². The average Bonchev–Trinajstić information content (AvgIpc) is 2.05. The van der Waals surface area contributed by atoms with Crippen molar-refractivity contribution in [2.24, 2.45) is 5.73 Å². The molecular formula is C8H13N3. The highest BCUT2D eigenvalue weighted by atomic mass is 14.8. The van der Waals surface area contributed by atoms with Crippen molar-refractivity contribution in [3.8, 4) is 0 Å². The van der Waals surface area contributed by atoms with E-state index in [0.717, 1.165) is 11.4 Å². The topological polar surface area (TPSA) is 51.8 Å². The second-order valence-corrected chi connectivity index (χ2v) is 2.70. The van der Waals surface area contributed by atoms with Crippen LogP contribution < -0.4 is 5.73 Å². The van der Waals surface area contributed by atoms with Crippen LogP contribution in [0.2, 0.25) is 0 Å². The number of aryl methyl sites for hydroxylation is 1. The lowest BCUT2D eigenvalue weighted by molar-refractivity contribution is 0.759. The predicted octanol–water partition coefficient (Wildman–Crippen LogP) is 0.847. The Kier molecular flexibility index (Phi) is 2.54. The van der Waals surface area contributed by atoms with Gasteiger partial charge in [-0.1, -0.05) is 6.92 Å². The van der Waals surface area contributed by atoms with Gasteiger partial charge in [0.15, 0.2) is 0 Å². The molecule has 0 amide bonds. The molecule has 1 aromatic rings. The largest absolute Gasteiger partial charge is 0.330 e. The molecule has 0 radical (unpaired) electrons. The molecule has 0 aromatic carbocycles. The second kappa shape index (κ2) is 3.44. The summed E-state index contributed by atoms with van der Waals surface area (Å²) in [7, 11) is 0. The fourth-order valence-corrected chi connectivity index (χ4v) is 0.793. The lowest BCUT2D eigenvalue weighted by Crippen LogP contribution is -2.09. The van der Waals surface area contributed by atoms with Crippen LogP contribution in [0.3, 0.4) is 0 Å². The van der Waals surface area contributed by atoms with Gasteiger partial charge in [-0.25, -0.2) is 9.97 Å². The molecule has 0 aliphatic rings. The zero-order valence-electron chi connectivity index (χ0n) is 6.91. The highest BCUT2D eigenvalue weighted by molar-refractivity contribution is 5.10. The molecule has 2 N–H and O–H groups in total. The van der Waals surface area contributed by atoms with Crippen molar-refractivity contribution in [2.75, 3.05) is 6.54 Å². The summed E-state index contributed by atoms with van der Waals surface area (Å²) >= 11 is 0. The van der Waals surface area contributed by atoms with Crippen molar-refractivity contribution in [2.45, 2.75) is 19.8 Å². The fourth-order valence-electron chi connectivity index (χ4n) is 0.793. The molecular weight excluding hydrogens is 138 g/mol. The first-order valence-corrected chi connectivity index (χ1v) is 3.72. The van der Waals surface area contributed by atoms with Gasteiger partial charge in [0.1, 0.15) is 5.82 Å². The van der Waals surface area contributed by atoms with E-state index < -0.39 is 0 Å². The lowest BCUT2D eigenvalue weighted by atomic mass is 10.1. The molecule has 0 saturated heterocycles. The minimum absolute atomic E-state index is 0.357. The molecule has 1 atom stereocenters. The molecule has 1 rings (SSSR count). The normalized spacial score (nSPS) is 13.0. The van der Waals surface area contributed by atoms with Gasteiger partial charge in [0.2, 0.25) is 0 Å². The van der Waals surface area contributed by atoms with Crippen molar-refractivity contribution >= 4 is 0 Å². The Morgan fingerprint density at radius 2 is 2.00 bits per heavy atom. The molecule has 3 heteroatoms. The van der Waals surface area contributed by atoms with Gasteiger partial charge in [0.05, 0.1) is 0 Å². The monoisotopic (exact) mass is 151 g/mol. The minimum atomic E-state index is 0.357. The minimum Gasteiger partial charge on any atom is -0.330 e. The number of nitrogens with two attached hydrogens (primary N) is 1. The van der Waals surface area contributed by atoms with E-state index in [4.69, 9.17) is 5.73 Å². The van der Waals surface area contributed by atoms with Gasteiger partial charge in [0.25, 0.3) is 0 Å². The summed E-state index contributed by atoms with van der Waals surface area (Å²) in [5, 5.41) is 0. The fraction of sp³-hybridized carbons (Fsp3) is 0.500. The molecule has 0 bridgehead atoms. The summed E-state index contributed by atoms with van der Waals surface area (Å²) in [5.74, 6) is 1.16. The Balaban J connectivity index is 2.81. The number of rotatable bonds is 2. The number of aromatic nitrogens is 2. The van der Waals surface area contributed by atoms with Gasteiger partial charge >= 0.3 is 0 Å². The highest BCUT2D eigenvalue weighted by Crippen LogP contribution is 2.09. The van der Waals surface area contributed by atoms with Crippen LogP contribution in [-0.4, -0.2) is 16.5 Å². The van der Waals surface area contributed by atoms with Gasteiger partial charge in [-0.15, -0.1) is 0 Å². The molecule has 60 valence electrons. The molecule has 1 heterocycles. The molecule has 0 saturated carbocycles. The number of hydrogen-bond acceptors (Lipinski definition) is 3. The maximum Gasteiger partial charge on any atom is 0.125 e. The summed E-state index contributed by atoms with van der Waals surface area (Å²) < 4.78 is 0. The SMILES string of the molecule is Cc1ncc([C@H](C)CN)cn1. The first-order valence-electron chi connectivity index (χ1n) is 3.72. The molecule has 0 aliphatic carbocycles. The van der Waals surface area contributed by atoms with E-state index in [-0.39, 0.29) is 0 Å². The van der Waals surface area contributed by atoms with Crippen LogP contribution in [0.15, 0.2) is 12.4 Å². The summed E-state index contributed by atoms with van der Waals surface area (Å²) in [6.07, 6.45) is 3.67. The number of nitrogens with zero attached hydrogens (tertiary/aromatic N) is 2. The molecule has 11 heavy (non-hydrogen) atoms. The van der Waals surface area contributed by atoms with E-state index in [1.54, 1.807) is 0 Å². The Hall–Kier alpha value is -0.960. The summed E-state index contributed by atoms with van der Waals surface area (Å²) in [6, 6.07) is 0. The molecule has 3 nitrogen and oxygen atoms in total. The molecule has 1 aromatic heterocycles. The van der Waals surface area contributed by atoms with Crippen molar-refractivity contribution in [1.29, 1.82) is 0 Å². The third kappa shape index (κ3) is 1.98. The Labute approximate surface area is 66.7 Å². The third-order valence-corrected chi connectivity index (χ3v) is 1.72. The van der Waals surface area contributed by atoms with E-state index in [1.807, 2.05) is 19.3 Å². The van der Waals surface area contributed by atoms with Gasteiger partial charge in [-0.3, -0.25) is 0 Å². The van der Waals surface area contributed by atoms with Crippen molar-refractivity contribution in [3.05, 3.63) is 23.8 Å². The van der Waals surface area contributed by atoms with E-state index in [2.05, 4.69) is 16.9 Å². The lowest BCUT2D eigenvalue weighted by Gasteiger charge is -2.06. The highest BCUT2D eigenvalue weighted by Gasteiger charge is 2.02. The van der Waals surface area contributed by atoms with Crippen molar-refractivity contribution < 1.29 is 0 Å². The molecule has 0 aliphatic heterocycles. The quantitative estimate of drug-likeness (QED) is 0.681. The molecule has 0 spiro atoms. The van der Waals surface area contributed by atoms with Crippen LogP contribution in [0.25, 0.3) is 0 Å². The van der Waals surface area contributed by atoms with E-state index in [1.165, 1.54) is 0 Å².